The number of rotatable bonds is 4. The predicted molar refractivity (Wildman–Crippen MR) is 91.4 cm³/mol. The molecule has 0 aliphatic heterocycles. The van der Waals surface area contributed by atoms with Gasteiger partial charge in [0.2, 0.25) is 5.91 Å². The molecule has 2 atom stereocenters. The summed E-state index contributed by atoms with van der Waals surface area (Å²) in [7, 11) is 1.85. The van der Waals surface area contributed by atoms with E-state index in [-0.39, 0.29) is 23.4 Å². The average Bonchev–Trinajstić information content (AvgIpc) is 3.29. The molecular formula is C18H16N4O3. The van der Waals surface area contributed by atoms with Gasteiger partial charge in [-0.2, -0.15) is 5.10 Å². The van der Waals surface area contributed by atoms with Gasteiger partial charge in [-0.15, -0.1) is 0 Å². The van der Waals surface area contributed by atoms with Gasteiger partial charge >= 0.3 is 5.97 Å². The Morgan fingerprint density at radius 2 is 2.08 bits per heavy atom. The maximum absolute atomic E-state index is 12.6. The molecule has 2 aromatic heterocycles. The molecule has 1 aromatic carbocycles. The van der Waals surface area contributed by atoms with Crippen LogP contribution < -0.4 is 5.32 Å². The molecule has 7 heteroatoms. The molecule has 0 saturated heterocycles. The molecular weight excluding hydrogens is 320 g/mol. The number of fused-ring (bicyclic) bond motifs is 1. The lowest BCUT2D eigenvalue weighted by atomic mass is 10.1. The van der Waals surface area contributed by atoms with Crippen molar-refractivity contribution in [3.63, 3.8) is 0 Å². The predicted octanol–water partition coefficient (Wildman–Crippen LogP) is 2.41. The van der Waals surface area contributed by atoms with Crippen molar-refractivity contribution in [3.8, 4) is 0 Å². The lowest BCUT2D eigenvalue weighted by Gasteiger charge is -2.09. The summed E-state index contributed by atoms with van der Waals surface area (Å²) in [4.78, 5) is 27.8. The van der Waals surface area contributed by atoms with Crippen molar-refractivity contribution in [2.45, 2.75) is 12.3 Å². The highest BCUT2D eigenvalue weighted by Gasteiger charge is 2.45. The van der Waals surface area contributed by atoms with E-state index in [0.29, 0.717) is 16.5 Å². The van der Waals surface area contributed by atoms with Crippen molar-refractivity contribution in [1.82, 2.24) is 14.8 Å². The number of aromatic carboxylic acids is 1. The van der Waals surface area contributed by atoms with Crippen LogP contribution in [0, 0.1) is 5.92 Å². The summed E-state index contributed by atoms with van der Waals surface area (Å²) in [6, 6.07) is 8.82. The van der Waals surface area contributed by atoms with Gasteiger partial charge in [-0.3, -0.25) is 9.48 Å². The number of carboxylic acid groups (broad SMARTS) is 1. The Morgan fingerprint density at radius 3 is 2.80 bits per heavy atom. The van der Waals surface area contributed by atoms with E-state index in [4.69, 9.17) is 0 Å². The van der Waals surface area contributed by atoms with Crippen molar-refractivity contribution in [3.05, 3.63) is 54.1 Å². The van der Waals surface area contributed by atoms with Crippen LogP contribution in [0.3, 0.4) is 0 Å². The zero-order chi connectivity index (χ0) is 17.6. The summed E-state index contributed by atoms with van der Waals surface area (Å²) >= 11 is 0. The Labute approximate surface area is 143 Å². The minimum Gasteiger partial charge on any atom is -0.476 e. The first-order chi connectivity index (χ1) is 12.0. The fourth-order valence-corrected chi connectivity index (χ4v) is 3.15. The fourth-order valence-electron chi connectivity index (χ4n) is 3.15. The summed E-state index contributed by atoms with van der Waals surface area (Å²) in [6.45, 7) is 0. The molecule has 2 heterocycles. The quantitative estimate of drug-likeness (QED) is 0.762. The number of hydrogen-bond donors (Lipinski definition) is 2. The van der Waals surface area contributed by atoms with Crippen LogP contribution in [0.2, 0.25) is 0 Å². The van der Waals surface area contributed by atoms with E-state index in [1.54, 1.807) is 28.9 Å². The first kappa shape index (κ1) is 15.3. The van der Waals surface area contributed by atoms with Gasteiger partial charge in [0.05, 0.1) is 5.69 Å². The van der Waals surface area contributed by atoms with Gasteiger partial charge in [-0.25, -0.2) is 9.78 Å². The fraction of sp³-hybridized carbons (Fsp3) is 0.222. The monoisotopic (exact) mass is 336 g/mol. The SMILES string of the molecule is Cn1ccc([C@@H]2C[C@H]2C(=O)Nc2cccc3c(C(=O)O)nccc23)n1. The van der Waals surface area contributed by atoms with E-state index in [0.717, 1.165) is 12.1 Å². The van der Waals surface area contributed by atoms with Gasteiger partial charge in [0, 0.05) is 47.7 Å². The molecule has 1 fully saturated rings. The van der Waals surface area contributed by atoms with Crippen molar-refractivity contribution >= 4 is 28.3 Å². The Kier molecular flexibility index (Phi) is 3.49. The van der Waals surface area contributed by atoms with Crippen molar-refractivity contribution in [2.24, 2.45) is 13.0 Å². The maximum Gasteiger partial charge on any atom is 0.355 e. The lowest BCUT2D eigenvalue weighted by Crippen LogP contribution is -2.15. The number of pyridine rings is 1. The third kappa shape index (κ3) is 2.73. The number of carbonyl (C=O) groups is 2. The minimum absolute atomic E-state index is 0.0219. The molecule has 0 unspecified atom stereocenters. The highest BCUT2D eigenvalue weighted by atomic mass is 16.4. The Morgan fingerprint density at radius 1 is 1.24 bits per heavy atom. The molecule has 3 aromatic rings. The van der Waals surface area contributed by atoms with E-state index < -0.39 is 5.97 Å². The van der Waals surface area contributed by atoms with Crippen LogP contribution in [0.4, 0.5) is 5.69 Å². The number of nitrogens with zero attached hydrogens (tertiary/aromatic N) is 3. The number of carbonyl (C=O) groups excluding carboxylic acids is 1. The van der Waals surface area contributed by atoms with Gasteiger partial charge in [-0.1, -0.05) is 12.1 Å². The highest BCUT2D eigenvalue weighted by Crippen LogP contribution is 2.47. The summed E-state index contributed by atoms with van der Waals surface area (Å²) in [5.41, 5.74) is 1.50. The number of carboxylic acids is 1. The van der Waals surface area contributed by atoms with Crippen LogP contribution in [0.5, 0.6) is 0 Å². The Hall–Kier alpha value is -3.22. The van der Waals surface area contributed by atoms with Gasteiger partial charge in [-0.05, 0) is 24.6 Å². The Balaban J connectivity index is 1.58. The van der Waals surface area contributed by atoms with Gasteiger partial charge in [0.25, 0.3) is 0 Å². The molecule has 0 radical (unpaired) electrons. The molecule has 1 saturated carbocycles. The third-order valence-corrected chi connectivity index (χ3v) is 4.51. The summed E-state index contributed by atoms with van der Waals surface area (Å²) in [5, 5.41) is 17.7. The third-order valence-electron chi connectivity index (χ3n) is 4.51. The van der Waals surface area contributed by atoms with Crippen molar-refractivity contribution in [1.29, 1.82) is 0 Å². The molecule has 1 aliphatic rings. The number of amides is 1. The van der Waals surface area contributed by atoms with Gasteiger partial charge in [0.1, 0.15) is 0 Å². The second-order valence-electron chi connectivity index (χ2n) is 6.22. The normalized spacial score (nSPS) is 18.9. The summed E-state index contributed by atoms with van der Waals surface area (Å²) < 4.78 is 1.73. The first-order valence-electron chi connectivity index (χ1n) is 7.96. The number of aryl methyl sites for hydroxylation is 1. The van der Waals surface area contributed by atoms with Crippen molar-refractivity contribution < 1.29 is 14.7 Å². The molecule has 0 bridgehead atoms. The summed E-state index contributed by atoms with van der Waals surface area (Å²) in [6.07, 6.45) is 4.08. The van der Waals surface area contributed by atoms with E-state index in [9.17, 15) is 14.7 Å². The Bertz CT molecular complexity index is 995. The molecule has 2 N–H and O–H groups in total. The molecule has 1 aliphatic carbocycles. The topological polar surface area (TPSA) is 97.1 Å². The zero-order valence-corrected chi connectivity index (χ0v) is 13.5. The highest BCUT2D eigenvalue weighted by molar-refractivity contribution is 6.09. The number of nitrogens with one attached hydrogen (secondary N) is 1. The second-order valence-corrected chi connectivity index (χ2v) is 6.22. The van der Waals surface area contributed by atoms with Crippen LogP contribution in [-0.2, 0) is 11.8 Å². The largest absolute Gasteiger partial charge is 0.476 e. The first-order valence-corrected chi connectivity index (χ1v) is 7.96. The molecule has 4 rings (SSSR count). The van der Waals surface area contributed by atoms with Crippen molar-refractivity contribution in [2.75, 3.05) is 5.32 Å². The van der Waals surface area contributed by atoms with Gasteiger partial charge < -0.3 is 10.4 Å². The molecule has 7 nitrogen and oxygen atoms in total. The van der Waals surface area contributed by atoms with E-state index in [2.05, 4.69) is 15.4 Å². The maximum atomic E-state index is 12.6. The van der Waals surface area contributed by atoms with E-state index in [1.807, 2.05) is 19.3 Å². The number of benzene rings is 1. The molecule has 0 spiro atoms. The minimum atomic E-state index is -1.09. The van der Waals surface area contributed by atoms with Crippen LogP contribution in [0.1, 0.15) is 28.5 Å². The number of hydrogen-bond acceptors (Lipinski definition) is 4. The zero-order valence-electron chi connectivity index (χ0n) is 13.5. The standard InChI is InChI=1S/C18H16N4O3/c1-22-8-6-15(21-22)12-9-13(12)17(23)20-14-4-2-3-11-10(14)5-7-19-16(11)18(24)25/h2-8,12-13H,9H2,1H3,(H,20,23)(H,24,25)/t12-,13-/m1/s1. The number of anilines is 1. The lowest BCUT2D eigenvalue weighted by molar-refractivity contribution is -0.117. The molecule has 1 amide bonds. The van der Waals surface area contributed by atoms with Crippen LogP contribution in [0.15, 0.2) is 42.7 Å². The van der Waals surface area contributed by atoms with E-state index in [1.165, 1.54) is 6.20 Å². The van der Waals surface area contributed by atoms with E-state index >= 15 is 0 Å². The van der Waals surface area contributed by atoms with Crippen LogP contribution in [-0.4, -0.2) is 31.7 Å². The van der Waals surface area contributed by atoms with Crippen LogP contribution >= 0.6 is 0 Å². The van der Waals surface area contributed by atoms with Gasteiger partial charge in [0.15, 0.2) is 5.69 Å². The summed E-state index contributed by atoms with van der Waals surface area (Å²) in [5.74, 6) is -1.12. The molecule has 126 valence electrons. The second kappa shape index (κ2) is 5.70. The average molecular weight is 336 g/mol. The number of aromatic nitrogens is 3. The molecule has 25 heavy (non-hydrogen) atoms. The van der Waals surface area contributed by atoms with Crippen LogP contribution in [0.25, 0.3) is 10.8 Å². The smallest absolute Gasteiger partial charge is 0.355 e.